The Bertz CT molecular complexity index is 611. The molecular weight excluding hydrogens is 267 g/mol. The lowest BCUT2D eigenvalue weighted by Crippen LogP contribution is -2.31. The average molecular weight is 284 g/mol. The Labute approximate surface area is 123 Å². The topological polar surface area (TPSA) is 49.3 Å². The van der Waals surface area contributed by atoms with Crippen LogP contribution in [-0.2, 0) is 6.54 Å². The molecule has 1 aromatic carbocycles. The van der Waals surface area contributed by atoms with Crippen LogP contribution in [0.2, 0.25) is 0 Å². The number of rotatable bonds is 5. The molecule has 5 heteroatoms. The molecule has 108 valence electrons. The predicted octanol–water partition coefficient (Wildman–Crippen LogP) is 2.96. The van der Waals surface area contributed by atoms with Crippen molar-refractivity contribution in [1.82, 2.24) is 10.3 Å². The Morgan fingerprint density at radius 1 is 1.29 bits per heavy atom. The first-order chi connectivity index (χ1) is 10.3. The van der Waals surface area contributed by atoms with E-state index in [0.29, 0.717) is 24.7 Å². The number of nitrogens with zero attached hydrogens (tertiary/aromatic N) is 2. The SMILES string of the molecule is C=CCNC(=NCc1cccnc1)Nc1ccccc1F. The van der Waals surface area contributed by atoms with Crippen molar-refractivity contribution in [3.8, 4) is 0 Å². The lowest BCUT2D eigenvalue weighted by molar-refractivity contribution is 0.632. The van der Waals surface area contributed by atoms with Gasteiger partial charge >= 0.3 is 0 Å². The highest BCUT2D eigenvalue weighted by Crippen LogP contribution is 2.12. The second kappa shape index (κ2) is 7.79. The van der Waals surface area contributed by atoms with Gasteiger partial charge in [0, 0.05) is 18.9 Å². The van der Waals surface area contributed by atoms with Gasteiger partial charge in [-0.3, -0.25) is 4.98 Å². The maximum absolute atomic E-state index is 13.7. The fourth-order valence-corrected chi connectivity index (χ4v) is 1.66. The van der Waals surface area contributed by atoms with Crippen LogP contribution in [0, 0.1) is 5.82 Å². The molecule has 0 spiro atoms. The van der Waals surface area contributed by atoms with E-state index in [1.165, 1.54) is 6.07 Å². The van der Waals surface area contributed by atoms with Crippen molar-refractivity contribution in [2.75, 3.05) is 11.9 Å². The third kappa shape index (κ3) is 4.72. The molecule has 2 N–H and O–H groups in total. The molecule has 0 amide bonds. The van der Waals surface area contributed by atoms with Gasteiger partial charge in [0.05, 0.1) is 12.2 Å². The highest BCUT2D eigenvalue weighted by molar-refractivity contribution is 5.93. The molecule has 21 heavy (non-hydrogen) atoms. The molecule has 2 rings (SSSR count). The van der Waals surface area contributed by atoms with Crippen LogP contribution in [0.3, 0.4) is 0 Å². The molecule has 1 heterocycles. The van der Waals surface area contributed by atoms with Crippen LogP contribution in [0.1, 0.15) is 5.56 Å². The number of halogens is 1. The van der Waals surface area contributed by atoms with Crippen molar-refractivity contribution in [1.29, 1.82) is 0 Å². The van der Waals surface area contributed by atoms with E-state index in [0.717, 1.165) is 5.56 Å². The Kier molecular flexibility index (Phi) is 5.46. The van der Waals surface area contributed by atoms with Crippen LogP contribution in [0.5, 0.6) is 0 Å². The number of benzene rings is 1. The van der Waals surface area contributed by atoms with E-state index >= 15 is 0 Å². The quantitative estimate of drug-likeness (QED) is 0.504. The van der Waals surface area contributed by atoms with Crippen LogP contribution in [0.25, 0.3) is 0 Å². The molecule has 0 aliphatic heterocycles. The standard InChI is InChI=1S/C16H17FN4/c1-2-9-19-16(20-12-13-6-5-10-18-11-13)21-15-8-4-3-7-14(15)17/h2-8,10-11H,1,9,12H2,(H2,19,20,21). The molecule has 0 unspecified atom stereocenters. The van der Waals surface area contributed by atoms with Gasteiger partial charge in [-0.15, -0.1) is 6.58 Å². The van der Waals surface area contributed by atoms with Crippen molar-refractivity contribution in [3.63, 3.8) is 0 Å². The lowest BCUT2D eigenvalue weighted by atomic mass is 10.3. The highest BCUT2D eigenvalue weighted by Gasteiger charge is 2.03. The molecule has 0 saturated heterocycles. The molecular formula is C16H17FN4. The van der Waals surface area contributed by atoms with Gasteiger partial charge in [0.1, 0.15) is 5.82 Å². The first kappa shape index (κ1) is 14.7. The normalized spacial score (nSPS) is 11.0. The van der Waals surface area contributed by atoms with Crippen molar-refractivity contribution < 1.29 is 4.39 Å². The smallest absolute Gasteiger partial charge is 0.196 e. The summed E-state index contributed by atoms with van der Waals surface area (Å²) in [6, 6.07) is 10.2. The summed E-state index contributed by atoms with van der Waals surface area (Å²) in [5.41, 5.74) is 1.35. The van der Waals surface area contributed by atoms with E-state index in [4.69, 9.17) is 0 Å². The molecule has 0 fully saturated rings. The summed E-state index contributed by atoms with van der Waals surface area (Å²) in [5.74, 6) is 0.163. The van der Waals surface area contributed by atoms with Crippen molar-refractivity contribution >= 4 is 11.6 Å². The van der Waals surface area contributed by atoms with E-state index < -0.39 is 0 Å². The maximum atomic E-state index is 13.7. The Morgan fingerprint density at radius 3 is 2.86 bits per heavy atom. The van der Waals surface area contributed by atoms with E-state index in [-0.39, 0.29) is 5.82 Å². The molecule has 0 radical (unpaired) electrons. The van der Waals surface area contributed by atoms with Crippen molar-refractivity contribution in [2.45, 2.75) is 6.54 Å². The number of aromatic nitrogens is 1. The molecule has 2 aromatic rings. The van der Waals surface area contributed by atoms with Crippen molar-refractivity contribution in [3.05, 3.63) is 72.8 Å². The first-order valence-corrected chi connectivity index (χ1v) is 6.59. The average Bonchev–Trinajstić information content (AvgIpc) is 2.53. The van der Waals surface area contributed by atoms with Crippen LogP contribution in [0.15, 0.2) is 66.4 Å². The zero-order valence-electron chi connectivity index (χ0n) is 11.6. The van der Waals surface area contributed by atoms with Gasteiger partial charge in [-0.1, -0.05) is 24.3 Å². The van der Waals surface area contributed by atoms with E-state index in [2.05, 4.69) is 27.2 Å². The summed E-state index contributed by atoms with van der Waals surface area (Å²) < 4.78 is 13.7. The summed E-state index contributed by atoms with van der Waals surface area (Å²) in [5, 5.41) is 6.00. The van der Waals surface area contributed by atoms with Gasteiger partial charge in [0.25, 0.3) is 0 Å². The Hall–Kier alpha value is -2.69. The summed E-state index contributed by atoms with van der Waals surface area (Å²) in [7, 11) is 0. The van der Waals surface area contributed by atoms with Gasteiger partial charge in [-0.2, -0.15) is 0 Å². The van der Waals surface area contributed by atoms with Gasteiger partial charge in [-0.05, 0) is 23.8 Å². The van der Waals surface area contributed by atoms with Crippen molar-refractivity contribution in [2.24, 2.45) is 4.99 Å². The number of hydrogen-bond donors (Lipinski definition) is 2. The number of nitrogens with one attached hydrogen (secondary N) is 2. The largest absolute Gasteiger partial charge is 0.353 e. The summed E-state index contributed by atoms with van der Waals surface area (Å²) in [6.07, 6.45) is 5.17. The number of para-hydroxylation sites is 1. The molecule has 0 bridgehead atoms. The zero-order valence-corrected chi connectivity index (χ0v) is 11.6. The molecule has 0 aliphatic rings. The van der Waals surface area contributed by atoms with Gasteiger partial charge in [-0.25, -0.2) is 9.38 Å². The minimum atomic E-state index is -0.327. The van der Waals surface area contributed by atoms with Crippen LogP contribution >= 0.6 is 0 Å². The molecule has 1 aromatic heterocycles. The van der Waals surface area contributed by atoms with Gasteiger partial charge in [0.2, 0.25) is 0 Å². The molecule has 4 nitrogen and oxygen atoms in total. The second-order valence-corrected chi connectivity index (χ2v) is 4.30. The van der Waals surface area contributed by atoms with Crippen LogP contribution in [0.4, 0.5) is 10.1 Å². The van der Waals surface area contributed by atoms with Crippen LogP contribution < -0.4 is 10.6 Å². The van der Waals surface area contributed by atoms with Gasteiger partial charge in [0.15, 0.2) is 5.96 Å². The maximum Gasteiger partial charge on any atom is 0.196 e. The minimum Gasteiger partial charge on any atom is -0.353 e. The number of guanidine groups is 1. The van der Waals surface area contributed by atoms with E-state index in [1.807, 2.05) is 12.1 Å². The highest BCUT2D eigenvalue weighted by atomic mass is 19.1. The number of aliphatic imine (C=N–C) groups is 1. The lowest BCUT2D eigenvalue weighted by Gasteiger charge is -2.12. The fraction of sp³-hybridized carbons (Fsp3) is 0.125. The summed E-state index contributed by atoms with van der Waals surface area (Å²) >= 11 is 0. The Balaban J connectivity index is 2.10. The number of anilines is 1. The fourth-order valence-electron chi connectivity index (χ4n) is 1.66. The zero-order chi connectivity index (χ0) is 14.9. The first-order valence-electron chi connectivity index (χ1n) is 6.59. The van der Waals surface area contributed by atoms with E-state index in [9.17, 15) is 4.39 Å². The Morgan fingerprint density at radius 2 is 2.14 bits per heavy atom. The predicted molar refractivity (Wildman–Crippen MR) is 83.6 cm³/mol. The molecule has 0 atom stereocenters. The number of pyridine rings is 1. The summed E-state index contributed by atoms with van der Waals surface area (Å²) in [4.78, 5) is 8.44. The minimum absolute atomic E-state index is 0.327. The molecule has 0 saturated carbocycles. The van der Waals surface area contributed by atoms with Crippen LogP contribution in [-0.4, -0.2) is 17.5 Å². The number of hydrogen-bond acceptors (Lipinski definition) is 2. The molecule has 0 aliphatic carbocycles. The second-order valence-electron chi connectivity index (χ2n) is 4.30. The van der Waals surface area contributed by atoms with Gasteiger partial charge < -0.3 is 10.6 Å². The third-order valence-corrected chi connectivity index (χ3v) is 2.68. The monoisotopic (exact) mass is 284 g/mol. The van der Waals surface area contributed by atoms with E-state index in [1.54, 1.807) is 36.7 Å². The summed E-state index contributed by atoms with van der Waals surface area (Å²) in [6.45, 7) is 4.63. The third-order valence-electron chi connectivity index (χ3n) is 2.68.